The Hall–Kier alpha value is -2.29. The van der Waals surface area contributed by atoms with Gasteiger partial charge in [-0.15, -0.1) is 12.4 Å². The zero-order chi connectivity index (χ0) is 25.0. The molecule has 0 saturated carbocycles. The highest BCUT2D eigenvalue weighted by Crippen LogP contribution is 2.19. The number of carbonyl (C=O) groups excluding carboxylic acids is 2. The van der Waals surface area contributed by atoms with Crippen molar-refractivity contribution in [2.75, 3.05) is 39.4 Å². The Labute approximate surface area is 220 Å². The lowest BCUT2D eigenvalue weighted by Gasteiger charge is -2.35. The van der Waals surface area contributed by atoms with E-state index < -0.39 is 5.92 Å². The van der Waals surface area contributed by atoms with E-state index in [4.69, 9.17) is 9.84 Å². The van der Waals surface area contributed by atoms with Crippen molar-refractivity contribution < 1.29 is 24.5 Å². The van der Waals surface area contributed by atoms with Crippen LogP contribution >= 0.6 is 12.4 Å². The van der Waals surface area contributed by atoms with E-state index in [0.29, 0.717) is 26.1 Å². The van der Waals surface area contributed by atoms with Gasteiger partial charge in [0, 0.05) is 38.7 Å². The number of piperidine rings is 2. The van der Waals surface area contributed by atoms with Crippen molar-refractivity contribution in [3.63, 3.8) is 0 Å². The minimum Gasteiger partial charge on any atom is -0.465 e. The lowest BCUT2D eigenvalue weighted by atomic mass is 9.94. The molecule has 2 fully saturated rings. The second kappa shape index (κ2) is 15.7. The summed E-state index contributed by atoms with van der Waals surface area (Å²) in [5.41, 5.74) is 2.46. The normalized spacial score (nSPS) is 22.6. The highest BCUT2D eigenvalue weighted by Gasteiger charge is 2.33. The third kappa shape index (κ3) is 9.30. The fourth-order valence-corrected chi connectivity index (χ4v) is 4.59. The number of ether oxygens (including phenoxy) is 1. The van der Waals surface area contributed by atoms with Crippen LogP contribution in [0.1, 0.15) is 30.9 Å². The summed E-state index contributed by atoms with van der Waals surface area (Å²) < 4.78 is 4.93. The number of hydrogen-bond acceptors (Lipinski definition) is 7. The third-order valence-corrected chi connectivity index (χ3v) is 6.61. The van der Waals surface area contributed by atoms with Gasteiger partial charge in [0.2, 0.25) is 0 Å². The molecule has 0 radical (unpaired) electrons. The SMILES string of the molecule is CCOC(=O)C1CCN(Cc2ccccc2)CC1=O.Cl.OCC1CCN(Cc2ccccc2)CC1O. The van der Waals surface area contributed by atoms with Gasteiger partial charge in [-0.05, 0) is 37.4 Å². The molecule has 4 rings (SSSR count). The average Bonchev–Trinajstić information content (AvgIpc) is 2.86. The Bertz CT molecular complexity index is 915. The molecule has 7 nitrogen and oxygen atoms in total. The van der Waals surface area contributed by atoms with E-state index in [1.54, 1.807) is 6.92 Å². The van der Waals surface area contributed by atoms with Crippen molar-refractivity contribution in [1.82, 2.24) is 9.80 Å². The first kappa shape index (κ1) is 29.9. The molecule has 0 aromatic heterocycles. The molecule has 3 unspecified atom stereocenters. The number of aliphatic hydroxyl groups is 2. The summed E-state index contributed by atoms with van der Waals surface area (Å²) in [4.78, 5) is 27.9. The number of Topliss-reactive ketones (excluding diaryl/α,β-unsaturated/α-hetero) is 1. The van der Waals surface area contributed by atoms with Crippen molar-refractivity contribution in [3.05, 3.63) is 71.8 Å². The maximum absolute atomic E-state index is 12.0. The average molecular weight is 519 g/mol. The monoisotopic (exact) mass is 518 g/mol. The molecule has 2 N–H and O–H groups in total. The molecule has 2 aromatic carbocycles. The summed E-state index contributed by atoms with van der Waals surface area (Å²) in [5.74, 6) is -0.897. The molecule has 198 valence electrons. The van der Waals surface area contributed by atoms with Crippen molar-refractivity contribution in [3.8, 4) is 0 Å². The lowest BCUT2D eigenvalue weighted by molar-refractivity contribution is -0.153. The summed E-state index contributed by atoms with van der Waals surface area (Å²) in [6.45, 7) is 6.53. The van der Waals surface area contributed by atoms with E-state index in [2.05, 4.69) is 21.9 Å². The summed E-state index contributed by atoms with van der Waals surface area (Å²) in [5, 5.41) is 18.9. The number of nitrogens with zero attached hydrogens (tertiary/aromatic N) is 2. The Kier molecular flexibility index (Phi) is 13.1. The molecule has 3 atom stereocenters. The summed E-state index contributed by atoms with van der Waals surface area (Å²) in [6.07, 6.45) is 1.05. The zero-order valence-corrected chi connectivity index (χ0v) is 21.8. The van der Waals surface area contributed by atoms with Gasteiger partial charge in [-0.3, -0.25) is 19.4 Å². The number of benzene rings is 2. The Morgan fingerprint density at radius 3 is 2.00 bits per heavy atom. The first-order valence-electron chi connectivity index (χ1n) is 12.5. The van der Waals surface area contributed by atoms with Crippen molar-refractivity contribution in [2.45, 2.75) is 39.0 Å². The van der Waals surface area contributed by atoms with Crippen LogP contribution < -0.4 is 0 Å². The van der Waals surface area contributed by atoms with Crippen LogP contribution in [0.4, 0.5) is 0 Å². The molecule has 8 heteroatoms. The Morgan fingerprint density at radius 2 is 1.50 bits per heavy atom. The highest BCUT2D eigenvalue weighted by molar-refractivity contribution is 6.00. The van der Waals surface area contributed by atoms with Crippen LogP contribution in [0.25, 0.3) is 0 Å². The predicted octanol–water partition coefficient (Wildman–Crippen LogP) is 2.92. The number of rotatable bonds is 7. The molecular formula is C28H39ClN2O5. The molecule has 2 aromatic rings. The summed E-state index contributed by atoms with van der Waals surface area (Å²) in [7, 11) is 0. The standard InChI is InChI=1S/C15H19NO3.C13H19NO2.ClH/c1-2-19-15(18)13-8-9-16(11-14(13)17)10-12-6-4-3-5-7-12;15-10-12-6-7-14(9-13(12)16)8-11-4-2-1-3-5-11;/h3-7,13H,2,8-11H2,1H3;1-5,12-13,15-16H,6-10H2;1H. The maximum Gasteiger partial charge on any atom is 0.316 e. The van der Waals surface area contributed by atoms with Gasteiger partial charge in [0.15, 0.2) is 5.78 Å². The number of halogens is 1. The Morgan fingerprint density at radius 1 is 0.944 bits per heavy atom. The number of aliphatic hydroxyl groups excluding tert-OH is 2. The van der Waals surface area contributed by atoms with Crippen LogP contribution in [0.5, 0.6) is 0 Å². The first-order chi connectivity index (χ1) is 17.0. The lowest BCUT2D eigenvalue weighted by Crippen LogP contribution is -2.44. The molecule has 0 spiro atoms. The van der Waals surface area contributed by atoms with Crippen LogP contribution in [0.15, 0.2) is 60.7 Å². The van der Waals surface area contributed by atoms with Crippen molar-refractivity contribution in [2.24, 2.45) is 11.8 Å². The first-order valence-corrected chi connectivity index (χ1v) is 12.5. The molecule has 0 bridgehead atoms. The van der Waals surface area contributed by atoms with Crippen LogP contribution in [0, 0.1) is 11.8 Å². The van der Waals surface area contributed by atoms with Gasteiger partial charge in [0.25, 0.3) is 0 Å². The van der Waals surface area contributed by atoms with E-state index in [9.17, 15) is 14.7 Å². The summed E-state index contributed by atoms with van der Waals surface area (Å²) in [6, 6.07) is 20.3. The van der Waals surface area contributed by atoms with Crippen LogP contribution in [-0.4, -0.2) is 77.3 Å². The quantitative estimate of drug-likeness (QED) is 0.430. The minimum absolute atomic E-state index is 0. The predicted molar refractivity (Wildman–Crippen MR) is 142 cm³/mol. The van der Waals surface area contributed by atoms with Gasteiger partial charge in [-0.25, -0.2) is 0 Å². The molecule has 2 saturated heterocycles. The number of esters is 1. The third-order valence-electron chi connectivity index (χ3n) is 6.61. The maximum atomic E-state index is 12.0. The van der Waals surface area contributed by atoms with Gasteiger partial charge >= 0.3 is 5.97 Å². The van der Waals surface area contributed by atoms with Crippen LogP contribution in [0.2, 0.25) is 0 Å². The number of hydrogen-bond donors (Lipinski definition) is 2. The molecule has 2 aliphatic heterocycles. The van der Waals surface area contributed by atoms with Gasteiger partial charge in [0.05, 0.1) is 19.3 Å². The number of β-amino-alcohol motifs (C(OH)–C–C–N with tert-alkyl or cyclic N) is 1. The van der Waals surface area contributed by atoms with Gasteiger partial charge < -0.3 is 14.9 Å². The van der Waals surface area contributed by atoms with Crippen LogP contribution in [0.3, 0.4) is 0 Å². The van der Waals surface area contributed by atoms with Gasteiger partial charge in [-0.2, -0.15) is 0 Å². The smallest absolute Gasteiger partial charge is 0.316 e. The van der Waals surface area contributed by atoms with Crippen LogP contribution in [-0.2, 0) is 27.4 Å². The Balaban J connectivity index is 0.000000250. The van der Waals surface area contributed by atoms with Crippen molar-refractivity contribution in [1.29, 1.82) is 0 Å². The van der Waals surface area contributed by atoms with E-state index in [1.165, 1.54) is 11.1 Å². The van der Waals surface area contributed by atoms with Gasteiger partial charge in [0.1, 0.15) is 5.92 Å². The molecule has 2 aliphatic rings. The minimum atomic E-state index is -0.563. The van der Waals surface area contributed by atoms with E-state index in [1.807, 2.05) is 48.5 Å². The fourth-order valence-electron chi connectivity index (χ4n) is 4.59. The highest BCUT2D eigenvalue weighted by atomic mass is 35.5. The fraction of sp³-hybridized carbons (Fsp3) is 0.500. The number of likely N-dealkylation sites (tertiary alicyclic amines) is 2. The largest absolute Gasteiger partial charge is 0.465 e. The van der Waals surface area contributed by atoms with Crippen molar-refractivity contribution >= 4 is 24.2 Å². The second-order valence-electron chi connectivity index (χ2n) is 9.28. The summed E-state index contributed by atoms with van der Waals surface area (Å²) >= 11 is 0. The molecule has 2 heterocycles. The topological polar surface area (TPSA) is 90.3 Å². The number of carbonyl (C=O) groups is 2. The molecule has 0 amide bonds. The van der Waals surface area contributed by atoms with E-state index in [0.717, 1.165) is 32.6 Å². The molecular weight excluding hydrogens is 480 g/mol. The molecule has 0 aliphatic carbocycles. The zero-order valence-electron chi connectivity index (χ0n) is 21.0. The molecule has 36 heavy (non-hydrogen) atoms. The van der Waals surface area contributed by atoms with Gasteiger partial charge in [-0.1, -0.05) is 60.7 Å². The van der Waals surface area contributed by atoms with E-state index in [-0.39, 0.29) is 42.8 Å². The second-order valence-corrected chi connectivity index (χ2v) is 9.28. The van der Waals surface area contributed by atoms with E-state index >= 15 is 0 Å². The number of ketones is 1.